The van der Waals surface area contributed by atoms with Gasteiger partial charge in [0.1, 0.15) is 23.9 Å². The summed E-state index contributed by atoms with van der Waals surface area (Å²) in [6, 6.07) is 18.3. The molecule has 1 heterocycles. The van der Waals surface area contributed by atoms with Crippen molar-refractivity contribution in [1.29, 1.82) is 0 Å². The minimum atomic E-state index is -0.808. The molecule has 0 aliphatic carbocycles. The van der Waals surface area contributed by atoms with Crippen LogP contribution in [0, 0.1) is 11.7 Å². The summed E-state index contributed by atoms with van der Waals surface area (Å²) in [5.41, 5.74) is 4.20. The average molecular weight is 435 g/mol. The lowest BCUT2D eigenvalue weighted by Crippen LogP contribution is -2.33. The van der Waals surface area contributed by atoms with Gasteiger partial charge in [-0.15, -0.1) is 0 Å². The predicted molar refractivity (Wildman–Crippen MR) is 122 cm³/mol. The Balaban J connectivity index is 1.58. The van der Waals surface area contributed by atoms with E-state index in [1.54, 1.807) is 26.2 Å². The first-order valence-corrected chi connectivity index (χ1v) is 10.5. The number of carboxylic acids is 1. The number of anilines is 1. The maximum Gasteiger partial charge on any atom is 0.306 e. The van der Waals surface area contributed by atoms with Crippen molar-refractivity contribution in [3.05, 3.63) is 77.6 Å². The highest BCUT2D eigenvalue weighted by molar-refractivity contribution is 5.70. The molecule has 2 atom stereocenters. The second-order valence-corrected chi connectivity index (χ2v) is 8.15. The molecule has 0 bridgehead atoms. The van der Waals surface area contributed by atoms with Gasteiger partial charge < -0.3 is 19.5 Å². The lowest BCUT2D eigenvalue weighted by molar-refractivity contribution is -0.141. The maximum absolute atomic E-state index is 14.3. The van der Waals surface area contributed by atoms with Crippen molar-refractivity contribution < 1.29 is 23.8 Å². The summed E-state index contributed by atoms with van der Waals surface area (Å²) in [6.07, 6.45) is 0.460. The van der Waals surface area contributed by atoms with Gasteiger partial charge in [-0.1, -0.05) is 37.3 Å². The molecule has 5 nitrogen and oxygen atoms in total. The van der Waals surface area contributed by atoms with Crippen molar-refractivity contribution >= 4 is 11.7 Å². The normalized spacial score (nSPS) is 16.1. The highest BCUT2D eigenvalue weighted by Crippen LogP contribution is 2.39. The minimum absolute atomic E-state index is 0.0150. The number of likely N-dealkylation sites (N-methyl/N-ethyl adjacent to an activating group) is 1. The molecule has 3 aromatic carbocycles. The number of aliphatic carboxylic acids is 1. The van der Waals surface area contributed by atoms with Gasteiger partial charge in [0.2, 0.25) is 0 Å². The second kappa shape index (κ2) is 8.91. The number of benzene rings is 3. The molecule has 2 unspecified atom stereocenters. The van der Waals surface area contributed by atoms with Crippen molar-refractivity contribution in [2.24, 2.45) is 5.92 Å². The first kappa shape index (κ1) is 21.7. The summed E-state index contributed by atoms with van der Waals surface area (Å²) in [5.74, 6) is -0.171. The van der Waals surface area contributed by atoms with Crippen LogP contribution in [0.4, 0.5) is 10.1 Å². The molecule has 1 aliphatic rings. The molecule has 0 spiro atoms. The molecule has 1 N–H and O–H groups in total. The number of hydrogen-bond donors (Lipinski definition) is 1. The molecular weight excluding hydrogens is 409 g/mol. The van der Waals surface area contributed by atoms with Crippen LogP contribution in [0.2, 0.25) is 0 Å². The molecule has 0 radical (unpaired) electrons. The van der Waals surface area contributed by atoms with Crippen LogP contribution in [-0.2, 0) is 11.2 Å². The van der Waals surface area contributed by atoms with Crippen LogP contribution in [0.5, 0.6) is 11.5 Å². The standard InChI is InChI=1S/C26H26FNO4/c1-16(26(29)30)12-17-4-11-25-23(13-17)28(2)24(15-32-25)19-7-5-18(6-8-19)21-14-20(31-3)9-10-22(21)27/h4-11,13-14,16,24H,12,15H2,1-3H3,(H,29,30). The third-order valence-electron chi connectivity index (χ3n) is 6.01. The smallest absolute Gasteiger partial charge is 0.306 e. The Hall–Kier alpha value is -3.54. The van der Waals surface area contributed by atoms with Crippen molar-refractivity contribution in [2.45, 2.75) is 19.4 Å². The van der Waals surface area contributed by atoms with E-state index in [0.717, 1.165) is 28.1 Å². The Kier molecular flexibility index (Phi) is 6.04. The van der Waals surface area contributed by atoms with Crippen molar-refractivity contribution in [3.8, 4) is 22.6 Å². The SMILES string of the molecule is COc1ccc(F)c(-c2ccc(C3COc4ccc(CC(C)C(=O)O)cc4N3C)cc2)c1. The van der Waals surface area contributed by atoms with Crippen molar-refractivity contribution in [3.63, 3.8) is 0 Å². The van der Waals surface area contributed by atoms with Crippen LogP contribution in [0.25, 0.3) is 11.1 Å². The fourth-order valence-corrected chi connectivity index (χ4v) is 4.03. The summed E-state index contributed by atoms with van der Waals surface area (Å²) >= 11 is 0. The van der Waals surface area contributed by atoms with Crippen LogP contribution in [0.15, 0.2) is 60.7 Å². The predicted octanol–water partition coefficient (Wildman–Crippen LogP) is 5.33. The van der Waals surface area contributed by atoms with Crippen LogP contribution in [0.1, 0.15) is 24.1 Å². The van der Waals surface area contributed by atoms with Gasteiger partial charge in [-0.3, -0.25) is 4.79 Å². The van der Waals surface area contributed by atoms with Gasteiger partial charge >= 0.3 is 5.97 Å². The van der Waals surface area contributed by atoms with E-state index in [1.807, 2.05) is 49.5 Å². The number of hydrogen-bond acceptors (Lipinski definition) is 4. The van der Waals surface area contributed by atoms with E-state index in [2.05, 4.69) is 4.90 Å². The van der Waals surface area contributed by atoms with E-state index < -0.39 is 11.9 Å². The highest BCUT2D eigenvalue weighted by atomic mass is 19.1. The van der Waals surface area contributed by atoms with E-state index in [0.29, 0.717) is 24.3 Å². The fraction of sp³-hybridized carbons (Fsp3) is 0.269. The summed E-state index contributed by atoms with van der Waals surface area (Å²) in [7, 11) is 3.57. The third-order valence-corrected chi connectivity index (χ3v) is 6.01. The fourth-order valence-electron chi connectivity index (χ4n) is 4.03. The Morgan fingerprint density at radius 1 is 1.19 bits per heavy atom. The van der Waals surface area contributed by atoms with E-state index in [9.17, 15) is 14.3 Å². The Labute approximate surface area is 187 Å². The number of ether oxygens (including phenoxy) is 2. The van der Waals surface area contributed by atoms with Crippen LogP contribution in [-0.4, -0.2) is 31.8 Å². The van der Waals surface area contributed by atoms with E-state index >= 15 is 0 Å². The van der Waals surface area contributed by atoms with Gasteiger partial charge in [-0.2, -0.15) is 0 Å². The van der Waals surface area contributed by atoms with E-state index in [1.165, 1.54) is 6.07 Å². The van der Waals surface area contributed by atoms with Gasteiger partial charge in [0.05, 0.1) is 24.8 Å². The Morgan fingerprint density at radius 2 is 1.94 bits per heavy atom. The summed E-state index contributed by atoms with van der Waals surface area (Å²) in [5, 5.41) is 9.21. The zero-order valence-electron chi connectivity index (χ0n) is 18.3. The number of methoxy groups -OCH3 is 1. The topological polar surface area (TPSA) is 59.0 Å². The Morgan fingerprint density at radius 3 is 2.62 bits per heavy atom. The number of carboxylic acid groups (broad SMARTS) is 1. The number of fused-ring (bicyclic) bond motifs is 1. The quantitative estimate of drug-likeness (QED) is 0.567. The van der Waals surface area contributed by atoms with E-state index in [-0.39, 0.29) is 11.9 Å². The molecule has 0 saturated heterocycles. The molecule has 0 saturated carbocycles. The van der Waals surface area contributed by atoms with Gasteiger partial charge in [0, 0.05) is 12.6 Å². The number of halogens is 1. The van der Waals surface area contributed by atoms with Crippen LogP contribution >= 0.6 is 0 Å². The maximum atomic E-state index is 14.3. The molecule has 6 heteroatoms. The van der Waals surface area contributed by atoms with Crippen LogP contribution in [0.3, 0.4) is 0 Å². The lowest BCUT2D eigenvalue weighted by atomic mass is 9.97. The molecule has 4 rings (SSSR count). The Bertz CT molecular complexity index is 1130. The van der Waals surface area contributed by atoms with Gasteiger partial charge in [-0.25, -0.2) is 4.39 Å². The lowest BCUT2D eigenvalue weighted by Gasteiger charge is -2.36. The van der Waals surface area contributed by atoms with Crippen molar-refractivity contribution in [1.82, 2.24) is 0 Å². The van der Waals surface area contributed by atoms with Gasteiger partial charge in [-0.05, 0) is 53.4 Å². The molecular formula is C26H26FNO4. The first-order valence-electron chi connectivity index (χ1n) is 10.5. The zero-order chi connectivity index (χ0) is 22.8. The van der Waals surface area contributed by atoms with Crippen molar-refractivity contribution in [2.75, 3.05) is 25.7 Å². The number of carbonyl (C=O) groups is 1. The molecule has 0 fully saturated rings. The van der Waals surface area contributed by atoms with Gasteiger partial charge in [0.25, 0.3) is 0 Å². The summed E-state index contributed by atoms with van der Waals surface area (Å²) in [6.45, 7) is 2.19. The summed E-state index contributed by atoms with van der Waals surface area (Å²) < 4.78 is 25.6. The number of nitrogens with zero attached hydrogens (tertiary/aromatic N) is 1. The molecule has 32 heavy (non-hydrogen) atoms. The first-order chi connectivity index (χ1) is 15.4. The average Bonchev–Trinajstić information content (AvgIpc) is 2.80. The largest absolute Gasteiger partial charge is 0.497 e. The third kappa shape index (κ3) is 4.26. The molecule has 166 valence electrons. The van der Waals surface area contributed by atoms with Crippen LogP contribution < -0.4 is 14.4 Å². The monoisotopic (exact) mass is 435 g/mol. The number of rotatable bonds is 6. The zero-order valence-corrected chi connectivity index (χ0v) is 18.3. The second-order valence-electron chi connectivity index (χ2n) is 8.15. The molecule has 1 aliphatic heterocycles. The summed E-state index contributed by atoms with van der Waals surface area (Å²) in [4.78, 5) is 13.4. The van der Waals surface area contributed by atoms with Gasteiger partial charge in [0.15, 0.2) is 0 Å². The molecule has 3 aromatic rings. The highest BCUT2D eigenvalue weighted by Gasteiger charge is 2.27. The molecule has 0 amide bonds. The minimum Gasteiger partial charge on any atom is -0.497 e. The molecule has 0 aromatic heterocycles. The van der Waals surface area contributed by atoms with E-state index in [4.69, 9.17) is 9.47 Å².